The van der Waals surface area contributed by atoms with E-state index in [2.05, 4.69) is 10.3 Å². The second-order valence-corrected chi connectivity index (χ2v) is 8.05. The quantitative estimate of drug-likeness (QED) is 0.691. The van der Waals surface area contributed by atoms with E-state index >= 15 is 0 Å². The SMILES string of the molecule is CS(=O)(=O)c1ccc(-c2csc(NC(=O)/C=C/c3ccco3)n2)cc1. The summed E-state index contributed by atoms with van der Waals surface area (Å²) in [4.78, 5) is 16.5. The van der Waals surface area contributed by atoms with Crippen molar-refractivity contribution in [2.24, 2.45) is 0 Å². The summed E-state index contributed by atoms with van der Waals surface area (Å²) in [6.07, 6.45) is 5.61. The highest BCUT2D eigenvalue weighted by Gasteiger charge is 2.09. The summed E-state index contributed by atoms with van der Waals surface area (Å²) in [7, 11) is -3.23. The van der Waals surface area contributed by atoms with E-state index in [1.807, 2.05) is 0 Å². The third kappa shape index (κ3) is 4.43. The zero-order chi connectivity index (χ0) is 17.9. The number of hydrogen-bond acceptors (Lipinski definition) is 6. The lowest BCUT2D eigenvalue weighted by Gasteiger charge is -2.00. The monoisotopic (exact) mass is 374 g/mol. The number of hydrogen-bond donors (Lipinski definition) is 1. The van der Waals surface area contributed by atoms with Crippen LogP contribution in [0.4, 0.5) is 5.13 Å². The minimum Gasteiger partial charge on any atom is -0.465 e. The number of furan rings is 1. The van der Waals surface area contributed by atoms with Gasteiger partial charge in [0.05, 0.1) is 16.9 Å². The zero-order valence-corrected chi connectivity index (χ0v) is 14.8. The molecule has 0 aliphatic rings. The van der Waals surface area contributed by atoms with Crippen molar-refractivity contribution < 1.29 is 17.6 Å². The Morgan fingerprint density at radius 1 is 1.24 bits per heavy atom. The predicted octanol–water partition coefficient (Wildman–Crippen LogP) is 3.46. The van der Waals surface area contributed by atoms with Gasteiger partial charge in [0, 0.05) is 23.3 Å². The van der Waals surface area contributed by atoms with Crippen LogP contribution in [0.3, 0.4) is 0 Å². The van der Waals surface area contributed by atoms with E-state index in [0.29, 0.717) is 16.6 Å². The van der Waals surface area contributed by atoms with Crippen LogP contribution in [-0.2, 0) is 14.6 Å². The van der Waals surface area contributed by atoms with Gasteiger partial charge in [-0.05, 0) is 30.3 Å². The van der Waals surface area contributed by atoms with Gasteiger partial charge in [0.1, 0.15) is 5.76 Å². The molecule has 128 valence electrons. The van der Waals surface area contributed by atoms with Gasteiger partial charge in [-0.3, -0.25) is 10.1 Å². The second-order valence-electron chi connectivity index (χ2n) is 5.17. The summed E-state index contributed by atoms with van der Waals surface area (Å²) in [5.41, 5.74) is 1.44. The summed E-state index contributed by atoms with van der Waals surface area (Å²) in [5, 5.41) is 4.92. The molecule has 25 heavy (non-hydrogen) atoms. The molecule has 0 aliphatic carbocycles. The van der Waals surface area contributed by atoms with Crippen LogP contribution < -0.4 is 5.32 Å². The number of amides is 1. The Bertz CT molecular complexity index is 1000. The van der Waals surface area contributed by atoms with Crippen molar-refractivity contribution >= 4 is 38.3 Å². The van der Waals surface area contributed by atoms with Gasteiger partial charge in [-0.2, -0.15) is 0 Å². The fourth-order valence-electron chi connectivity index (χ4n) is 2.03. The molecule has 1 N–H and O–H groups in total. The molecule has 0 radical (unpaired) electrons. The van der Waals surface area contributed by atoms with Crippen LogP contribution in [0.1, 0.15) is 5.76 Å². The van der Waals surface area contributed by atoms with Gasteiger partial charge in [-0.1, -0.05) is 12.1 Å². The van der Waals surface area contributed by atoms with Crippen molar-refractivity contribution in [3.05, 3.63) is 59.9 Å². The number of thiazole rings is 1. The van der Waals surface area contributed by atoms with Crippen LogP contribution in [0.25, 0.3) is 17.3 Å². The van der Waals surface area contributed by atoms with Crippen molar-refractivity contribution in [3.8, 4) is 11.3 Å². The first-order valence-corrected chi connectivity index (χ1v) is 9.97. The average molecular weight is 374 g/mol. The zero-order valence-electron chi connectivity index (χ0n) is 13.2. The van der Waals surface area contributed by atoms with Crippen molar-refractivity contribution in [3.63, 3.8) is 0 Å². The predicted molar refractivity (Wildman–Crippen MR) is 97.0 cm³/mol. The molecule has 0 saturated heterocycles. The largest absolute Gasteiger partial charge is 0.465 e. The van der Waals surface area contributed by atoms with Gasteiger partial charge in [0.2, 0.25) is 5.91 Å². The Balaban J connectivity index is 1.69. The van der Waals surface area contributed by atoms with E-state index < -0.39 is 9.84 Å². The third-order valence-electron chi connectivity index (χ3n) is 3.25. The number of rotatable bonds is 5. The van der Waals surface area contributed by atoms with Gasteiger partial charge in [-0.15, -0.1) is 11.3 Å². The number of anilines is 1. The number of aromatic nitrogens is 1. The standard InChI is InChI=1S/C17H14N2O4S2/c1-25(21,22)14-7-4-12(5-8-14)15-11-24-17(18-15)19-16(20)9-6-13-3-2-10-23-13/h2-11H,1H3,(H,18,19,20)/b9-6+. The third-order valence-corrected chi connectivity index (χ3v) is 5.14. The van der Waals surface area contributed by atoms with Crippen LogP contribution in [0, 0.1) is 0 Å². The molecule has 3 aromatic rings. The molecule has 0 aliphatic heterocycles. The van der Waals surface area contributed by atoms with E-state index in [1.165, 1.54) is 35.8 Å². The normalized spacial score (nSPS) is 11.7. The maximum Gasteiger partial charge on any atom is 0.250 e. The lowest BCUT2D eigenvalue weighted by atomic mass is 10.2. The number of sulfone groups is 1. The minimum atomic E-state index is -3.23. The molecular formula is C17H14N2O4S2. The maximum atomic E-state index is 11.9. The maximum absolute atomic E-state index is 11.9. The molecule has 0 bridgehead atoms. The highest BCUT2D eigenvalue weighted by Crippen LogP contribution is 2.26. The molecule has 8 heteroatoms. The fourth-order valence-corrected chi connectivity index (χ4v) is 3.38. The first-order valence-electron chi connectivity index (χ1n) is 7.20. The molecule has 2 heterocycles. The Labute approximate surface area is 148 Å². The van der Waals surface area contributed by atoms with Gasteiger partial charge >= 0.3 is 0 Å². The second kappa shape index (κ2) is 7.04. The minimum absolute atomic E-state index is 0.253. The Morgan fingerprint density at radius 2 is 2.00 bits per heavy atom. The molecule has 6 nitrogen and oxygen atoms in total. The van der Waals surface area contributed by atoms with Crippen LogP contribution in [-0.4, -0.2) is 25.6 Å². The molecule has 0 atom stereocenters. The number of carbonyl (C=O) groups is 1. The highest BCUT2D eigenvalue weighted by atomic mass is 32.2. The van der Waals surface area contributed by atoms with E-state index in [1.54, 1.807) is 35.7 Å². The average Bonchev–Trinajstić information content (AvgIpc) is 3.24. The molecule has 1 amide bonds. The van der Waals surface area contributed by atoms with Gasteiger partial charge in [0.25, 0.3) is 0 Å². The van der Waals surface area contributed by atoms with Gasteiger partial charge < -0.3 is 4.42 Å². The van der Waals surface area contributed by atoms with Gasteiger partial charge in [0.15, 0.2) is 15.0 Å². The summed E-state index contributed by atoms with van der Waals surface area (Å²) in [5.74, 6) is 0.269. The Kier molecular flexibility index (Phi) is 4.82. The lowest BCUT2D eigenvalue weighted by Crippen LogP contribution is -2.07. The van der Waals surface area contributed by atoms with Crippen molar-refractivity contribution in [1.29, 1.82) is 0 Å². The summed E-state index contributed by atoms with van der Waals surface area (Å²) >= 11 is 1.29. The summed E-state index contributed by atoms with van der Waals surface area (Å²) in [6.45, 7) is 0. The Hall–Kier alpha value is -2.71. The molecule has 0 spiro atoms. The van der Waals surface area contributed by atoms with E-state index in [-0.39, 0.29) is 10.8 Å². The fraction of sp³-hybridized carbons (Fsp3) is 0.0588. The molecule has 0 unspecified atom stereocenters. The topological polar surface area (TPSA) is 89.3 Å². The molecule has 1 aromatic carbocycles. The smallest absolute Gasteiger partial charge is 0.250 e. The molecule has 3 rings (SSSR count). The van der Waals surface area contributed by atoms with Crippen molar-refractivity contribution in [2.75, 3.05) is 11.6 Å². The van der Waals surface area contributed by atoms with Gasteiger partial charge in [-0.25, -0.2) is 13.4 Å². The molecule has 0 saturated carbocycles. The summed E-state index contributed by atoms with van der Waals surface area (Å²) in [6, 6.07) is 9.93. The van der Waals surface area contributed by atoms with E-state index in [9.17, 15) is 13.2 Å². The van der Waals surface area contributed by atoms with Crippen LogP contribution in [0.5, 0.6) is 0 Å². The van der Waals surface area contributed by atoms with Crippen LogP contribution in [0.15, 0.2) is 63.4 Å². The van der Waals surface area contributed by atoms with Crippen LogP contribution >= 0.6 is 11.3 Å². The number of nitrogens with zero attached hydrogens (tertiary/aromatic N) is 1. The first kappa shape index (κ1) is 17.1. The van der Waals surface area contributed by atoms with Crippen molar-refractivity contribution in [2.45, 2.75) is 4.90 Å². The van der Waals surface area contributed by atoms with Crippen molar-refractivity contribution in [1.82, 2.24) is 4.98 Å². The molecular weight excluding hydrogens is 360 g/mol. The highest BCUT2D eigenvalue weighted by molar-refractivity contribution is 7.90. The Morgan fingerprint density at radius 3 is 2.64 bits per heavy atom. The van der Waals surface area contributed by atoms with Crippen LogP contribution in [0.2, 0.25) is 0 Å². The summed E-state index contributed by atoms with van der Waals surface area (Å²) < 4.78 is 28.1. The van der Waals surface area contributed by atoms with E-state index in [4.69, 9.17) is 4.42 Å². The molecule has 0 fully saturated rings. The lowest BCUT2D eigenvalue weighted by molar-refractivity contribution is -0.111. The molecule has 2 aromatic heterocycles. The number of nitrogens with one attached hydrogen (secondary N) is 1. The van der Waals surface area contributed by atoms with E-state index in [0.717, 1.165) is 11.8 Å². The number of benzene rings is 1. The number of carbonyl (C=O) groups excluding carboxylic acids is 1. The first-order chi connectivity index (χ1) is 11.9.